The summed E-state index contributed by atoms with van der Waals surface area (Å²) in [4.78, 5) is 32.1. The van der Waals surface area contributed by atoms with Gasteiger partial charge in [-0.2, -0.15) is 0 Å². The standard InChI is InChI=1S/C25H29ClN4O2/c1-18-8-6-10-20-24(18)28-17-30(25(20)32)15-7-12-23(31)27-16-22(29-13-4-5-14-29)19-9-2-3-11-21(19)26/h2-3,6,8-11,17,22H,4-5,7,12-16H2,1H3,(H,27,31). The molecule has 0 radical (unpaired) electrons. The highest BCUT2D eigenvalue weighted by atomic mass is 35.5. The number of hydrogen-bond acceptors (Lipinski definition) is 4. The van der Waals surface area contributed by atoms with Gasteiger partial charge in [-0.15, -0.1) is 0 Å². The van der Waals surface area contributed by atoms with Gasteiger partial charge < -0.3 is 5.32 Å². The Labute approximate surface area is 193 Å². The number of aromatic nitrogens is 2. The second-order valence-corrected chi connectivity index (χ2v) is 8.81. The van der Waals surface area contributed by atoms with Crippen molar-refractivity contribution in [1.29, 1.82) is 0 Å². The van der Waals surface area contributed by atoms with E-state index in [9.17, 15) is 9.59 Å². The number of hydrogen-bond donors (Lipinski definition) is 1. The van der Waals surface area contributed by atoms with Crippen LogP contribution in [0.1, 0.15) is 42.9 Å². The summed E-state index contributed by atoms with van der Waals surface area (Å²) < 4.78 is 1.59. The molecule has 0 saturated carbocycles. The first-order valence-corrected chi connectivity index (χ1v) is 11.6. The third-order valence-corrected chi connectivity index (χ3v) is 6.54. The van der Waals surface area contributed by atoms with Crippen LogP contribution < -0.4 is 10.9 Å². The van der Waals surface area contributed by atoms with E-state index in [1.54, 1.807) is 17.0 Å². The minimum atomic E-state index is -0.0630. The lowest BCUT2D eigenvalue weighted by molar-refractivity contribution is -0.121. The first-order valence-electron chi connectivity index (χ1n) is 11.2. The van der Waals surface area contributed by atoms with Gasteiger partial charge in [0, 0.05) is 24.5 Å². The fourth-order valence-corrected chi connectivity index (χ4v) is 4.70. The van der Waals surface area contributed by atoms with E-state index in [1.165, 1.54) is 12.8 Å². The van der Waals surface area contributed by atoms with Gasteiger partial charge in [0.2, 0.25) is 5.91 Å². The molecule has 6 nitrogen and oxygen atoms in total. The molecule has 1 aliphatic rings. The van der Waals surface area contributed by atoms with Crippen molar-refractivity contribution >= 4 is 28.4 Å². The first kappa shape index (κ1) is 22.5. The van der Waals surface area contributed by atoms with Gasteiger partial charge in [-0.05, 0) is 62.5 Å². The second kappa shape index (κ2) is 10.3. The number of aryl methyl sites for hydroxylation is 2. The van der Waals surface area contributed by atoms with E-state index in [0.717, 1.165) is 34.8 Å². The second-order valence-electron chi connectivity index (χ2n) is 8.40. The summed E-state index contributed by atoms with van der Waals surface area (Å²) in [5, 5.41) is 4.43. The van der Waals surface area contributed by atoms with Crippen molar-refractivity contribution in [2.75, 3.05) is 19.6 Å². The average Bonchev–Trinajstić information content (AvgIpc) is 3.32. The van der Waals surface area contributed by atoms with Gasteiger partial charge in [0.1, 0.15) is 0 Å². The van der Waals surface area contributed by atoms with Crippen molar-refractivity contribution in [3.63, 3.8) is 0 Å². The Morgan fingerprint density at radius 3 is 2.72 bits per heavy atom. The van der Waals surface area contributed by atoms with Crippen LogP contribution in [0.5, 0.6) is 0 Å². The predicted molar refractivity (Wildman–Crippen MR) is 128 cm³/mol. The van der Waals surface area contributed by atoms with E-state index in [-0.39, 0.29) is 17.5 Å². The number of amides is 1. The van der Waals surface area contributed by atoms with Gasteiger partial charge in [0.15, 0.2) is 0 Å². The van der Waals surface area contributed by atoms with Gasteiger partial charge in [0.05, 0.1) is 23.3 Å². The van der Waals surface area contributed by atoms with Gasteiger partial charge >= 0.3 is 0 Å². The molecular weight excluding hydrogens is 424 g/mol. The Morgan fingerprint density at radius 2 is 1.94 bits per heavy atom. The van der Waals surface area contributed by atoms with E-state index in [0.29, 0.717) is 31.3 Å². The largest absolute Gasteiger partial charge is 0.354 e. The Morgan fingerprint density at radius 1 is 1.16 bits per heavy atom. The normalized spacial score (nSPS) is 15.2. The molecule has 1 unspecified atom stereocenters. The quantitative estimate of drug-likeness (QED) is 0.559. The molecule has 1 aliphatic heterocycles. The zero-order valence-electron chi connectivity index (χ0n) is 18.4. The zero-order valence-corrected chi connectivity index (χ0v) is 19.1. The number of benzene rings is 2. The SMILES string of the molecule is Cc1cccc2c(=O)n(CCCC(=O)NCC(c3ccccc3Cl)N3CCCC3)cnc12. The number of para-hydroxylation sites is 1. The number of rotatable bonds is 8. The molecule has 0 spiro atoms. The average molecular weight is 453 g/mol. The minimum absolute atomic E-state index is 0.0149. The lowest BCUT2D eigenvalue weighted by Crippen LogP contribution is -2.37. The molecule has 2 heterocycles. The number of carbonyl (C=O) groups excluding carboxylic acids is 1. The van der Waals surface area contributed by atoms with Gasteiger partial charge in [-0.3, -0.25) is 19.1 Å². The third kappa shape index (κ3) is 5.03. The van der Waals surface area contributed by atoms with Gasteiger partial charge in [-0.25, -0.2) is 4.98 Å². The highest BCUT2D eigenvalue weighted by molar-refractivity contribution is 6.31. The summed E-state index contributed by atoms with van der Waals surface area (Å²) in [6.45, 7) is 4.97. The summed E-state index contributed by atoms with van der Waals surface area (Å²) in [5.74, 6) is -0.0149. The third-order valence-electron chi connectivity index (χ3n) is 6.20. The molecule has 32 heavy (non-hydrogen) atoms. The molecule has 1 fully saturated rings. The molecule has 1 atom stereocenters. The molecule has 7 heteroatoms. The van der Waals surface area contributed by atoms with E-state index >= 15 is 0 Å². The van der Waals surface area contributed by atoms with E-state index < -0.39 is 0 Å². The Balaban J connectivity index is 1.34. The van der Waals surface area contributed by atoms with Crippen molar-refractivity contribution in [2.45, 2.75) is 45.2 Å². The van der Waals surface area contributed by atoms with Crippen LogP contribution in [0.15, 0.2) is 53.6 Å². The summed E-state index contributed by atoms with van der Waals surface area (Å²) in [6.07, 6.45) is 4.85. The van der Waals surface area contributed by atoms with Gasteiger partial charge in [-0.1, -0.05) is 41.9 Å². The van der Waals surface area contributed by atoms with Crippen LogP contribution in [0.3, 0.4) is 0 Å². The summed E-state index contributed by atoms with van der Waals surface area (Å²) >= 11 is 6.45. The highest BCUT2D eigenvalue weighted by Crippen LogP contribution is 2.29. The number of nitrogens with zero attached hydrogens (tertiary/aromatic N) is 3. The summed E-state index contributed by atoms with van der Waals surface area (Å²) in [6, 6.07) is 13.5. The molecule has 1 aromatic heterocycles. The van der Waals surface area contributed by atoms with Crippen molar-refractivity contribution < 1.29 is 4.79 Å². The van der Waals surface area contributed by atoms with Crippen LogP contribution in [0.4, 0.5) is 0 Å². The number of halogens is 1. The van der Waals surface area contributed by atoms with E-state index in [4.69, 9.17) is 11.6 Å². The maximum absolute atomic E-state index is 12.7. The number of carbonyl (C=O) groups is 1. The van der Waals surface area contributed by atoms with Crippen molar-refractivity contribution in [1.82, 2.24) is 19.8 Å². The molecule has 0 aliphatic carbocycles. The molecule has 2 aromatic carbocycles. The Hall–Kier alpha value is -2.70. The summed E-state index contributed by atoms with van der Waals surface area (Å²) in [7, 11) is 0. The van der Waals surface area contributed by atoms with E-state index in [2.05, 4.69) is 15.2 Å². The number of fused-ring (bicyclic) bond motifs is 1. The molecular formula is C25H29ClN4O2. The maximum Gasteiger partial charge on any atom is 0.261 e. The molecule has 0 bridgehead atoms. The van der Waals surface area contributed by atoms with Crippen LogP contribution in [-0.4, -0.2) is 40.0 Å². The minimum Gasteiger partial charge on any atom is -0.354 e. The summed E-state index contributed by atoms with van der Waals surface area (Å²) in [5.41, 5.74) is 2.71. The molecule has 3 aromatic rings. The van der Waals surface area contributed by atoms with Crippen LogP contribution in [-0.2, 0) is 11.3 Å². The Kier molecular flexibility index (Phi) is 7.22. The smallest absolute Gasteiger partial charge is 0.261 e. The number of likely N-dealkylation sites (tertiary alicyclic amines) is 1. The van der Waals surface area contributed by atoms with Crippen LogP contribution in [0.2, 0.25) is 5.02 Å². The predicted octanol–water partition coefficient (Wildman–Crippen LogP) is 4.09. The molecule has 4 rings (SSSR count). The fraction of sp³-hybridized carbons (Fsp3) is 0.400. The van der Waals surface area contributed by atoms with E-state index in [1.807, 2.05) is 43.3 Å². The van der Waals surface area contributed by atoms with Crippen molar-refractivity contribution in [3.8, 4) is 0 Å². The molecule has 1 amide bonds. The molecule has 168 valence electrons. The first-order chi connectivity index (χ1) is 15.5. The highest BCUT2D eigenvalue weighted by Gasteiger charge is 2.25. The lowest BCUT2D eigenvalue weighted by Gasteiger charge is -2.29. The molecule has 1 saturated heterocycles. The van der Waals surface area contributed by atoms with Crippen molar-refractivity contribution in [2.24, 2.45) is 0 Å². The maximum atomic E-state index is 12.7. The van der Waals surface area contributed by atoms with Crippen molar-refractivity contribution in [3.05, 3.63) is 75.3 Å². The topological polar surface area (TPSA) is 67.2 Å². The van der Waals surface area contributed by atoms with Gasteiger partial charge in [0.25, 0.3) is 5.56 Å². The molecule has 1 N–H and O–H groups in total. The fourth-order valence-electron chi connectivity index (χ4n) is 4.44. The number of nitrogens with one attached hydrogen (secondary N) is 1. The zero-order chi connectivity index (χ0) is 22.5. The van der Waals surface area contributed by atoms with Crippen LogP contribution >= 0.6 is 11.6 Å². The monoisotopic (exact) mass is 452 g/mol. The lowest BCUT2D eigenvalue weighted by atomic mass is 10.1. The Bertz CT molecular complexity index is 1150. The van der Waals surface area contributed by atoms with Crippen LogP contribution in [0.25, 0.3) is 10.9 Å². The van der Waals surface area contributed by atoms with Crippen LogP contribution in [0, 0.1) is 6.92 Å².